The average molecular weight is 429 g/mol. The van der Waals surface area contributed by atoms with Gasteiger partial charge in [-0.3, -0.25) is 0 Å². The van der Waals surface area contributed by atoms with Crippen LogP contribution in [0.4, 0.5) is 17.5 Å². The monoisotopic (exact) mass is 428 g/mol. The number of nitrogens with zero attached hydrogens (tertiary/aromatic N) is 7. The Morgan fingerprint density at radius 2 is 1.88 bits per heavy atom. The van der Waals surface area contributed by atoms with E-state index >= 15 is 0 Å². The fourth-order valence-electron chi connectivity index (χ4n) is 4.67. The smallest absolute Gasteiger partial charge is 0.228 e. The molecule has 0 unspecified atom stereocenters. The highest BCUT2D eigenvalue weighted by Crippen LogP contribution is 2.38. The predicted molar refractivity (Wildman–Crippen MR) is 128 cm³/mol. The SMILES string of the molecule is CCN1CCN(c2cnc(Nc3ncc4ccc5ncn(C6CC6)c5c4n3)cc2C)CC1. The van der Waals surface area contributed by atoms with Crippen LogP contribution in [0.1, 0.15) is 31.4 Å². The maximum atomic E-state index is 4.86. The van der Waals surface area contributed by atoms with E-state index in [0.29, 0.717) is 12.0 Å². The molecular formula is C24H28N8. The number of hydrogen-bond donors (Lipinski definition) is 1. The number of imidazole rings is 1. The van der Waals surface area contributed by atoms with Crippen LogP contribution in [0.5, 0.6) is 0 Å². The maximum absolute atomic E-state index is 4.86. The van der Waals surface area contributed by atoms with Gasteiger partial charge in [0.05, 0.1) is 29.2 Å². The van der Waals surface area contributed by atoms with Gasteiger partial charge in [0.15, 0.2) is 0 Å². The van der Waals surface area contributed by atoms with Gasteiger partial charge in [0, 0.05) is 43.8 Å². The first kappa shape index (κ1) is 19.4. The second-order valence-corrected chi connectivity index (χ2v) is 8.85. The van der Waals surface area contributed by atoms with E-state index in [1.807, 2.05) is 24.8 Å². The lowest BCUT2D eigenvalue weighted by Gasteiger charge is -2.36. The number of hydrogen-bond acceptors (Lipinski definition) is 7. The number of piperazine rings is 1. The number of anilines is 3. The molecule has 3 aromatic heterocycles. The Bertz CT molecular complexity index is 1280. The van der Waals surface area contributed by atoms with E-state index < -0.39 is 0 Å². The minimum Gasteiger partial charge on any atom is -0.368 e. The summed E-state index contributed by atoms with van der Waals surface area (Å²) in [5.74, 6) is 1.32. The minimum absolute atomic E-state index is 0.549. The summed E-state index contributed by atoms with van der Waals surface area (Å²) < 4.78 is 2.27. The molecule has 4 aromatic rings. The van der Waals surface area contributed by atoms with E-state index in [9.17, 15) is 0 Å². The quantitative estimate of drug-likeness (QED) is 0.517. The zero-order valence-electron chi connectivity index (χ0n) is 18.6. The van der Waals surface area contributed by atoms with Crippen molar-refractivity contribution in [3.05, 3.63) is 42.5 Å². The van der Waals surface area contributed by atoms with Gasteiger partial charge in [-0.05, 0) is 50.1 Å². The second-order valence-electron chi connectivity index (χ2n) is 8.85. The third-order valence-electron chi connectivity index (χ3n) is 6.71. The molecule has 4 heterocycles. The highest BCUT2D eigenvalue weighted by molar-refractivity contribution is 6.02. The van der Waals surface area contributed by atoms with E-state index in [-0.39, 0.29) is 0 Å². The van der Waals surface area contributed by atoms with Crippen molar-refractivity contribution in [2.75, 3.05) is 42.9 Å². The highest BCUT2D eigenvalue weighted by atomic mass is 15.3. The van der Waals surface area contributed by atoms with Crippen molar-refractivity contribution in [1.82, 2.24) is 29.4 Å². The Kier molecular flexibility index (Phi) is 4.68. The zero-order valence-corrected chi connectivity index (χ0v) is 18.6. The molecule has 0 atom stereocenters. The molecule has 1 aromatic carbocycles. The Hall–Kier alpha value is -3.26. The van der Waals surface area contributed by atoms with Gasteiger partial charge in [0.1, 0.15) is 11.3 Å². The Morgan fingerprint density at radius 1 is 1.03 bits per heavy atom. The lowest BCUT2D eigenvalue weighted by Crippen LogP contribution is -2.46. The van der Waals surface area contributed by atoms with Gasteiger partial charge in [0.25, 0.3) is 0 Å². The Labute approximate surface area is 187 Å². The summed E-state index contributed by atoms with van der Waals surface area (Å²) in [6.07, 6.45) is 8.21. The molecule has 1 N–H and O–H groups in total. The van der Waals surface area contributed by atoms with Crippen molar-refractivity contribution < 1.29 is 0 Å². The molecule has 8 nitrogen and oxygen atoms in total. The van der Waals surface area contributed by atoms with Gasteiger partial charge in [-0.15, -0.1) is 0 Å². The van der Waals surface area contributed by atoms with Crippen LogP contribution in [0.15, 0.2) is 36.9 Å². The molecule has 32 heavy (non-hydrogen) atoms. The molecule has 0 amide bonds. The molecule has 8 heteroatoms. The second kappa shape index (κ2) is 7.70. The van der Waals surface area contributed by atoms with E-state index in [2.05, 4.69) is 60.6 Å². The number of likely N-dealkylation sites (N-methyl/N-ethyl adjacent to an activating group) is 1. The first-order chi connectivity index (χ1) is 15.7. The number of fused-ring (bicyclic) bond motifs is 3. The maximum Gasteiger partial charge on any atom is 0.228 e. The van der Waals surface area contributed by atoms with Gasteiger partial charge in [-0.2, -0.15) is 0 Å². The van der Waals surface area contributed by atoms with Crippen LogP contribution in [0.3, 0.4) is 0 Å². The number of pyridine rings is 1. The molecule has 1 aliphatic heterocycles. The number of aromatic nitrogens is 5. The van der Waals surface area contributed by atoms with Crippen LogP contribution in [0.25, 0.3) is 21.9 Å². The van der Waals surface area contributed by atoms with Gasteiger partial charge in [-0.1, -0.05) is 6.92 Å². The fraction of sp³-hybridized carbons (Fsp3) is 0.417. The van der Waals surface area contributed by atoms with Crippen LogP contribution < -0.4 is 10.2 Å². The lowest BCUT2D eigenvalue weighted by molar-refractivity contribution is 0.271. The summed E-state index contributed by atoms with van der Waals surface area (Å²) in [6.45, 7) is 9.78. The van der Waals surface area contributed by atoms with Crippen molar-refractivity contribution in [2.24, 2.45) is 0 Å². The van der Waals surface area contributed by atoms with Crippen LogP contribution >= 0.6 is 0 Å². The summed E-state index contributed by atoms with van der Waals surface area (Å²) in [6, 6.07) is 6.73. The van der Waals surface area contributed by atoms with Gasteiger partial charge in [-0.25, -0.2) is 19.9 Å². The van der Waals surface area contributed by atoms with Crippen LogP contribution in [0.2, 0.25) is 0 Å². The van der Waals surface area contributed by atoms with Crippen molar-refractivity contribution in [3.63, 3.8) is 0 Å². The molecule has 0 radical (unpaired) electrons. The van der Waals surface area contributed by atoms with Crippen molar-refractivity contribution in [3.8, 4) is 0 Å². The predicted octanol–water partition coefficient (Wildman–Crippen LogP) is 3.90. The van der Waals surface area contributed by atoms with Crippen LogP contribution in [0, 0.1) is 6.92 Å². The molecular weight excluding hydrogens is 400 g/mol. The third-order valence-corrected chi connectivity index (χ3v) is 6.71. The van der Waals surface area contributed by atoms with E-state index in [1.54, 1.807) is 0 Å². The molecule has 2 fully saturated rings. The molecule has 1 saturated carbocycles. The first-order valence-corrected chi connectivity index (χ1v) is 11.5. The van der Waals surface area contributed by atoms with Crippen molar-refractivity contribution in [2.45, 2.75) is 32.7 Å². The molecule has 6 rings (SSSR count). The first-order valence-electron chi connectivity index (χ1n) is 11.5. The highest BCUT2D eigenvalue weighted by Gasteiger charge is 2.26. The fourth-order valence-corrected chi connectivity index (χ4v) is 4.67. The summed E-state index contributed by atoms with van der Waals surface area (Å²) >= 11 is 0. The standard InChI is InChI=1S/C24H28N8/c1-3-30-8-10-31(11-9-30)20-14-25-21(12-16(20)2)28-24-26-13-17-4-7-19-23(22(17)29-24)32(15-27-19)18-5-6-18/h4,7,12-15,18H,3,5-6,8-11H2,1-2H3,(H,25,26,28,29). The largest absolute Gasteiger partial charge is 0.368 e. The summed E-state index contributed by atoms with van der Waals surface area (Å²) in [4.78, 5) is 23.6. The third kappa shape index (κ3) is 3.44. The number of aryl methyl sites for hydroxylation is 1. The minimum atomic E-state index is 0.549. The average Bonchev–Trinajstić information content (AvgIpc) is 3.57. The van der Waals surface area contributed by atoms with Gasteiger partial charge < -0.3 is 19.7 Å². The number of rotatable bonds is 5. The van der Waals surface area contributed by atoms with Crippen LogP contribution in [-0.2, 0) is 0 Å². The lowest BCUT2D eigenvalue weighted by atomic mass is 10.2. The Morgan fingerprint density at radius 3 is 2.62 bits per heavy atom. The van der Waals surface area contributed by atoms with Crippen molar-refractivity contribution >= 4 is 39.4 Å². The van der Waals surface area contributed by atoms with E-state index in [4.69, 9.17) is 4.98 Å². The molecule has 0 bridgehead atoms. The Balaban J connectivity index is 1.28. The summed E-state index contributed by atoms with van der Waals surface area (Å²) in [5, 5.41) is 4.34. The van der Waals surface area contributed by atoms with Gasteiger partial charge in [0.2, 0.25) is 5.95 Å². The normalized spacial score (nSPS) is 17.4. The molecule has 0 spiro atoms. The van der Waals surface area contributed by atoms with Crippen LogP contribution in [-0.4, -0.2) is 62.1 Å². The van der Waals surface area contributed by atoms with Gasteiger partial charge >= 0.3 is 0 Å². The summed E-state index contributed by atoms with van der Waals surface area (Å²) in [5.41, 5.74) is 5.44. The molecule has 1 saturated heterocycles. The van der Waals surface area contributed by atoms with E-state index in [1.165, 1.54) is 24.1 Å². The summed E-state index contributed by atoms with van der Waals surface area (Å²) in [7, 11) is 0. The molecule has 1 aliphatic carbocycles. The zero-order chi connectivity index (χ0) is 21.7. The number of nitrogens with one attached hydrogen (secondary N) is 1. The molecule has 164 valence electrons. The van der Waals surface area contributed by atoms with E-state index in [0.717, 1.165) is 60.5 Å². The molecule has 2 aliphatic rings. The number of benzene rings is 1. The van der Waals surface area contributed by atoms with Crippen molar-refractivity contribution in [1.29, 1.82) is 0 Å². The topological polar surface area (TPSA) is 75.0 Å².